The van der Waals surface area contributed by atoms with Gasteiger partial charge in [0.25, 0.3) is 11.8 Å². The molecule has 2 aromatic carbocycles. The SMILES string of the molecule is NNC(=NC[C@H](NC(=O)c1c(Cl)cc2c(c1Cl)CCN(C(=O)c1cc3ccccc3o1)C2)C(=O)O)N1CC[C@H](O)C1. The molecule has 1 aromatic heterocycles. The Bertz CT molecular complexity index is 1510. The van der Waals surface area contributed by atoms with Gasteiger partial charge in [0, 0.05) is 31.6 Å². The zero-order chi connectivity index (χ0) is 29.3. The van der Waals surface area contributed by atoms with E-state index in [9.17, 15) is 24.6 Å². The van der Waals surface area contributed by atoms with E-state index in [2.05, 4.69) is 15.7 Å². The number of rotatable bonds is 6. The number of nitrogens with zero attached hydrogens (tertiary/aromatic N) is 3. The molecule has 0 spiro atoms. The molecule has 1 fully saturated rings. The van der Waals surface area contributed by atoms with Crippen molar-refractivity contribution in [2.24, 2.45) is 10.8 Å². The average molecular weight is 603 g/mol. The number of aliphatic hydroxyl groups excluding tert-OH is 1. The topological polar surface area (TPSA) is 174 Å². The smallest absolute Gasteiger partial charge is 0.328 e. The maximum Gasteiger partial charge on any atom is 0.328 e. The number of β-amino-alcohol motifs (C(OH)–C–C–N with tert-alkyl or cyclic N) is 1. The van der Waals surface area contributed by atoms with Crippen LogP contribution in [0.15, 0.2) is 45.8 Å². The monoisotopic (exact) mass is 602 g/mol. The van der Waals surface area contributed by atoms with Gasteiger partial charge in [-0.15, -0.1) is 0 Å². The lowest BCUT2D eigenvalue weighted by Crippen LogP contribution is -2.47. The van der Waals surface area contributed by atoms with E-state index in [1.165, 1.54) is 0 Å². The number of amides is 2. The number of aliphatic hydroxyl groups is 1. The fourth-order valence-electron chi connectivity index (χ4n) is 5.04. The zero-order valence-corrected chi connectivity index (χ0v) is 23.3. The Labute approximate surface area is 244 Å². The number of hydrazine groups is 1. The Morgan fingerprint density at radius 1 is 1.17 bits per heavy atom. The van der Waals surface area contributed by atoms with Gasteiger partial charge >= 0.3 is 5.97 Å². The molecule has 14 heteroatoms. The predicted molar refractivity (Wildman–Crippen MR) is 152 cm³/mol. The van der Waals surface area contributed by atoms with Crippen LogP contribution in [0.4, 0.5) is 0 Å². The number of para-hydroxylation sites is 1. The summed E-state index contributed by atoms with van der Waals surface area (Å²) < 4.78 is 5.72. The molecule has 1 saturated heterocycles. The Morgan fingerprint density at radius 2 is 1.95 bits per heavy atom. The molecule has 0 unspecified atom stereocenters. The van der Waals surface area contributed by atoms with E-state index in [4.69, 9.17) is 33.5 Å². The predicted octanol–water partition coefficient (Wildman–Crippen LogP) is 2.01. The van der Waals surface area contributed by atoms with Crippen molar-refractivity contribution in [3.63, 3.8) is 0 Å². The molecule has 2 aliphatic rings. The number of guanidine groups is 1. The van der Waals surface area contributed by atoms with Crippen LogP contribution in [0.3, 0.4) is 0 Å². The molecule has 0 bridgehead atoms. The molecule has 5 rings (SSSR count). The van der Waals surface area contributed by atoms with Gasteiger partial charge in [-0.05, 0) is 42.2 Å². The van der Waals surface area contributed by atoms with E-state index in [0.717, 1.165) is 5.39 Å². The second kappa shape index (κ2) is 12.0. The second-order valence-electron chi connectivity index (χ2n) is 9.87. The van der Waals surface area contributed by atoms with Crippen LogP contribution in [0.25, 0.3) is 11.0 Å². The number of aliphatic carboxylic acids is 1. The maximum absolute atomic E-state index is 13.2. The van der Waals surface area contributed by atoms with E-state index in [1.807, 2.05) is 18.2 Å². The van der Waals surface area contributed by atoms with Crippen molar-refractivity contribution < 1.29 is 29.0 Å². The number of aliphatic imine (C=N–C) groups is 1. The molecular weight excluding hydrogens is 575 g/mol. The van der Waals surface area contributed by atoms with Gasteiger partial charge in [-0.3, -0.25) is 15.0 Å². The molecule has 3 aromatic rings. The molecule has 0 radical (unpaired) electrons. The molecule has 3 heterocycles. The first kappa shape index (κ1) is 28.7. The first-order valence-corrected chi connectivity index (χ1v) is 13.7. The lowest BCUT2D eigenvalue weighted by molar-refractivity contribution is -0.138. The summed E-state index contributed by atoms with van der Waals surface area (Å²) >= 11 is 13.1. The number of nitrogens with one attached hydrogen (secondary N) is 2. The molecule has 12 nitrogen and oxygen atoms in total. The third-order valence-electron chi connectivity index (χ3n) is 7.17. The van der Waals surface area contributed by atoms with Crippen LogP contribution in [-0.2, 0) is 17.8 Å². The van der Waals surface area contributed by atoms with Crippen LogP contribution in [-0.4, -0.2) is 82.1 Å². The molecule has 2 atom stereocenters. The highest BCUT2D eigenvalue weighted by Gasteiger charge is 2.31. The highest BCUT2D eigenvalue weighted by atomic mass is 35.5. The fraction of sp³-hybridized carbons (Fsp3) is 0.333. The van der Waals surface area contributed by atoms with E-state index in [0.29, 0.717) is 49.2 Å². The number of carbonyl (C=O) groups excluding carboxylic acids is 2. The number of hydrogen-bond donors (Lipinski definition) is 5. The van der Waals surface area contributed by atoms with Crippen molar-refractivity contribution in [3.05, 3.63) is 68.9 Å². The minimum atomic E-state index is -1.40. The van der Waals surface area contributed by atoms with Gasteiger partial charge in [0.1, 0.15) is 11.6 Å². The number of carboxylic acid groups (broad SMARTS) is 1. The van der Waals surface area contributed by atoms with Crippen molar-refractivity contribution in [2.45, 2.75) is 31.5 Å². The standard InChI is InChI=1S/C27H28Cl2N6O6/c28-18-9-15-12-34(25(38)21-10-14-3-1-2-4-20(14)41-21)8-6-17(15)23(29)22(18)24(37)32-19(26(39)40)11-31-27(33-30)35-7-5-16(36)13-35/h1-4,9-10,16,19,36H,5-8,11-13,30H2,(H,31,33)(H,32,37)(H,39,40)/t16-,19-/m0/s1. The average Bonchev–Trinajstić information content (AvgIpc) is 3.58. The van der Waals surface area contributed by atoms with Gasteiger partial charge in [0.2, 0.25) is 5.96 Å². The molecule has 41 heavy (non-hydrogen) atoms. The first-order chi connectivity index (χ1) is 19.7. The van der Waals surface area contributed by atoms with Gasteiger partial charge in [0.05, 0.1) is 28.3 Å². The zero-order valence-electron chi connectivity index (χ0n) is 21.8. The summed E-state index contributed by atoms with van der Waals surface area (Å²) in [6.07, 6.45) is 0.352. The summed E-state index contributed by atoms with van der Waals surface area (Å²) in [5.41, 5.74) is 4.30. The number of benzene rings is 2. The van der Waals surface area contributed by atoms with E-state index < -0.39 is 24.0 Å². The largest absolute Gasteiger partial charge is 0.480 e. The number of fused-ring (bicyclic) bond motifs is 2. The third-order valence-corrected chi connectivity index (χ3v) is 7.89. The number of likely N-dealkylation sites (tertiary alicyclic amines) is 1. The van der Waals surface area contributed by atoms with Crippen molar-refractivity contribution in [3.8, 4) is 0 Å². The van der Waals surface area contributed by atoms with Gasteiger partial charge in [-0.1, -0.05) is 41.4 Å². The normalized spacial score (nSPS) is 17.9. The first-order valence-electron chi connectivity index (χ1n) is 12.9. The highest BCUT2D eigenvalue weighted by molar-refractivity contribution is 6.40. The van der Waals surface area contributed by atoms with Crippen LogP contribution in [0.2, 0.25) is 10.0 Å². The maximum atomic E-state index is 13.2. The number of carbonyl (C=O) groups is 3. The minimum Gasteiger partial charge on any atom is -0.480 e. The van der Waals surface area contributed by atoms with Crippen molar-refractivity contribution in [1.29, 1.82) is 0 Å². The van der Waals surface area contributed by atoms with Crippen molar-refractivity contribution in [1.82, 2.24) is 20.5 Å². The second-order valence-corrected chi connectivity index (χ2v) is 10.7. The summed E-state index contributed by atoms with van der Waals surface area (Å²) in [6.45, 7) is 1.01. The Hall–Kier alpha value is -3.84. The fourth-order valence-corrected chi connectivity index (χ4v) is 5.80. The molecule has 216 valence electrons. The summed E-state index contributed by atoms with van der Waals surface area (Å²) in [4.78, 5) is 45.8. The third kappa shape index (κ3) is 5.96. The van der Waals surface area contributed by atoms with Crippen LogP contribution in [0.5, 0.6) is 0 Å². The molecular formula is C27H28Cl2N6O6. The Balaban J connectivity index is 1.31. The van der Waals surface area contributed by atoms with Gasteiger partial charge in [0.15, 0.2) is 5.76 Å². The van der Waals surface area contributed by atoms with Crippen molar-refractivity contribution >= 4 is 57.9 Å². The number of carboxylic acids is 1. The van der Waals surface area contributed by atoms with Crippen LogP contribution >= 0.6 is 23.2 Å². The summed E-state index contributed by atoms with van der Waals surface area (Å²) in [5.74, 6) is 3.59. The molecule has 0 saturated carbocycles. The van der Waals surface area contributed by atoms with Crippen LogP contribution in [0, 0.1) is 0 Å². The van der Waals surface area contributed by atoms with E-state index in [1.54, 1.807) is 28.0 Å². The number of nitrogens with two attached hydrogens (primary N) is 1. The summed E-state index contributed by atoms with van der Waals surface area (Å²) in [7, 11) is 0. The summed E-state index contributed by atoms with van der Waals surface area (Å²) in [5, 5.41) is 22.8. The van der Waals surface area contributed by atoms with E-state index >= 15 is 0 Å². The summed E-state index contributed by atoms with van der Waals surface area (Å²) in [6, 6.07) is 9.21. The molecule has 2 aliphatic heterocycles. The number of halogens is 2. The lowest BCUT2D eigenvalue weighted by atomic mass is 9.96. The minimum absolute atomic E-state index is 0.0206. The van der Waals surface area contributed by atoms with Crippen LogP contribution in [0.1, 0.15) is 38.5 Å². The number of furan rings is 1. The Kier molecular flexibility index (Phi) is 8.36. The number of hydrogen-bond acceptors (Lipinski definition) is 7. The van der Waals surface area contributed by atoms with E-state index in [-0.39, 0.29) is 46.3 Å². The molecule has 6 N–H and O–H groups in total. The lowest BCUT2D eigenvalue weighted by Gasteiger charge is -2.30. The van der Waals surface area contributed by atoms with Gasteiger partial charge in [-0.25, -0.2) is 15.6 Å². The quantitative estimate of drug-likeness (QED) is 0.122. The molecule has 0 aliphatic carbocycles. The van der Waals surface area contributed by atoms with Crippen LogP contribution < -0.4 is 16.6 Å². The highest BCUT2D eigenvalue weighted by Crippen LogP contribution is 2.35. The Morgan fingerprint density at radius 3 is 2.63 bits per heavy atom. The molecule has 2 amide bonds. The van der Waals surface area contributed by atoms with Crippen molar-refractivity contribution in [2.75, 3.05) is 26.2 Å². The van der Waals surface area contributed by atoms with Gasteiger partial charge < -0.3 is 29.7 Å². The van der Waals surface area contributed by atoms with Gasteiger partial charge in [-0.2, -0.15) is 0 Å².